The van der Waals surface area contributed by atoms with E-state index in [0.717, 1.165) is 23.3 Å². The van der Waals surface area contributed by atoms with Crippen LogP contribution >= 0.6 is 11.6 Å². The Morgan fingerprint density at radius 1 is 1.38 bits per heavy atom. The molecule has 1 aliphatic heterocycles. The van der Waals surface area contributed by atoms with Gasteiger partial charge < -0.3 is 15.3 Å². The highest BCUT2D eigenvalue weighted by atomic mass is 35.5. The minimum atomic E-state index is -1.14. The number of rotatable bonds is 5. The van der Waals surface area contributed by atoms with Crippen molar-refractivity contribution in [3.05, 3.63) is 58.5 Å². The van der Waals surface area contributed by atoms with E-state index in [1.54, 1.807) is 31.0 Å². The van der Waals surface area contributed by atoms with Crippen molar-refractivity contribution in [1.29, 1.82) is 5.26 Å². The maximum absolute atomic E-state index is 12.4. The maximum Gasteiger partial charge on any atom is 0.230 e. The van der Waals surface area contributed by atoms with Gasteiger partial charge in [-0.25, -0.2) is 4.98 Å². The standard InChI is InChI=1S/C21H22ClN5O2/c1-21(2,29)16-10-19(25-12-17(16)22)26-20(28)9-14-3-4-18(24-11-14)15-5-7-27(13-23)8-6-15/h3-5,10-12,29H,6-9H2,1-2H3,(H,25,26,28). The van der Waals surface area contributed by atoms with Gasteiger partial charge >= 0.3 is 0 Å². The maximum atomic E-state index is 12.4. The molecule has 3 heterocycles. The van der Waals surface area contributed by atoms with Gasteiger partial charge in [0.15, 0.2) is 6.19 Å². The summed E-state index contributed by atoms with van der Waals surface area (Å²) in [5.74, 6) is 0.0909. The number of nitriles is 1. The molecule has 0 aromatic carbocycles. The topological polar surface area (TPSA) is 102 Å². The average Bonchev–Trinajstić information content (AvgIpc) is 2.69. The van der Waals surface area contributed by atoms with Gasteiger partial charge in [0.05, 0.1) is 22.7 Å². The zero-order valence-electron chi connectivity index (χ0n) is 16.3. The van der Waals surface area contributed by atoms with Crippen LogP contribution in [-0.2, 0) is 16.8 Å². The lowest BCUT2D eigenvalue weighted by Gasteiger charge is -2.20. The first-order valence-corrected chi connectivity index (χ1v) is 9.61. The van der Waals surface area contributed by atoms with Crippen LogP contribution in [0.3, 0.4) is 0 Å². The number of nitrogens with one attached hydrogen (secondary N) is 1. The van der Waals surface area contributed by atoms with Crippen LogP contribution in [-0.4, -0.2) is 39.0 Å². The van der Waals surface area contributed by atoms with Crippen molar-refractivity contribution in [3.8, 4) is 6.19 Å². The van der Waals surface area contributed by atoms with Crippen LogP contribution in [0.25, 0.3) is 5.57 Å². The Hall–Kier alpha value is -2.95. The third-order valence-electron chi connectivity index (χ3n) is 4.65. The molecular formula is C21H22ClN5O2. The molecule has 0 fully saturated rings. The molecule has 1 amide bonds. The van der Waals surface area contributed by atoms with Crippen LogP contribution in [0.4, 0.5) is 5.82 Å². The van der Waals surface area contributed by atoms with E-state index >= 15 is 0 Å². The monoisotopic (exact) mass is 411 g/mol. The normalized spacial score (nSPS) is 14.2. The smallest absolute Gasteiger partial charge is 0.230 e. The van der Waals surface area contributed by atoms with Crippen LogP contribution in [0.15, 0.2) is 36.7 Å². The van der Waals surface area contributed by atoms with E-state index in [4.69, 9.17) is 16.9 Å². The quantitative estimate of drug-likeness (QED) is 0.733. The highest BCUT2D eigenvalue weighted by Crippen LogP contribution is 2.28. The van der Waals surface area contributed by atoms with E-state index in [2.05, 4.69) is 21.5 Å². The van der Waals surface area contributed by atoms with Crippen LogP contribution in [0.1, 0.15) is 37.1 Å². The van der Waals surface area contributed by atoms with E-state index in [1.807, 2.05) is 18.2 Å². The minimum absolute atomic E-state index is 0.149. The predicted octanol–water partition coefficient (Wildman–Crippen LogP) is 3.11. The van der Waals surface area contributed by atoms with Crippen LogP contribution < -0.4 is 5.32 Å². The molecule has 1 aliphatic rings. The fraction of sp³-hybridized carbons (Fsp3) is 0.333. The molecule has 2 aromatic rings. The summed E-state index contributed by atoms with van der Waals surface area (Å²) in [6.07, 6.45) is 8.16. The molecule has 0 bridgehead atoms. The first-order chi connectivity index (χ1) is 13.8. The summed E-state index contributed by atoms with van der Waals surface area (Å²) < 4.78 is 0. The van der Waals surface area contributed by atoms with Crippen molar-refractivity contribution >= 4 is 28.9 Å². The third kappa shape index (κ3) is 5.31. The van der Waals surface area contributed by atoms with Gasteiger partial charge in [-0.2, -0.15) is 5.26 Å². The summed E-state index contributed by atoms with van der Waals surface area (Å²) in [5.41, 5.74) is 2.10. The summed E-state index contributed by atoms with van der Waals surface area (Å²) in [7, 11) is 0. The second-order valence-corrected chi connectivity index (χ2v) is 7.82. The van der Waals surface area contributed by atoms with E-state index < -0.39 is 5.60 Å². The van der Waals surface area contributed by atoms with Gasteiger partial charge in [-0.15, -0.1) is 0 Å². The van der Waals surface area contributed by atoms with E-state index in [-0.39, 0.29) is 12.3 Å². The van der Waals surface area contributed by atoms with Gasteiger partial charge in [0.25, 0.3) is 0 Å². The Balaban J connectivity index is 1.63. The van der Waals surface area contributed by atoms with Crippen molar-refractivity contribution < 1.29 is 9.90 Å². The van der Waals surface area contributed by atoms with Crippen molar-refractivity contribution in [3.63, 3.8) is 0 Å². The Bertz CT molecular complexity index is 974. The van der Waals surface area contributed by atoms with Gasteiger partial charge in [0.2, 0.25) is 5.91 Å². The Morgan fingerprint density at radius 2 is 2.17 bits per heavy atom. The minimum Gasteiger partial charge on any atom is -0.386 e. The summed E-state index contributed by atoms with van der Waals surface area (Å²) in [4.78, 5) is 22.6. The Morgan fingerprint density at radius 3 is 2.76 bits per heavy atom. The number of hydrogen-bond donors (Lipinski definition) is 2. The lowest BCUT2D eigenvalue weighted by Crippen LogP contribution is -2.23. The molecule has 3 rings (SSSR count). The van der Waals surface area contributed by atoms with E-state index in [1.165, 1.54) is 6.20 Å². The molecular weight excluding hydrogens is 390 g/mol. The van der Waals surface area contributed by atoms with E-state index in [9.17, 15) is 9.90 Å². The summed E-state index contributed by atoms with van der Waals surface area (Å²) in [6, 6.07) is 5.34. The summed E-state index contributed by atoms with van der Waals surface area (Å²) in [6.45, 7) is 4.52. The van der Waals surface area contributed by atoms with Crippen molar-refractivity contribution in [2.45, 2.75) is 32.3 Å². The number of halogens is 1. The average molecular weight is 412 g/mol. The zero-order chi connectivity index (χ0) is 21.0. The lowest BCUT2D eigenvalue weighted by molar-refractivity contribution is -0.115. The summed E-state index contributed by atoms with van der Waals surface area (Å²) >= 11 is 6.08. The highest BCUT2D eigenvalue weighted by Gasteiger charge is 2.21. The van der Waals surface area contributed by atoms with Crippen molar-refractivity contribution in [2.75, 3.05) is 18.4 Å². The fourth-order valence-corrected chi connectivity index (χ4v) is 3.39. The van der Waals surface area contributed by atoms with Gasteiger partial charge in [-0.3, -0.25) is 9.78 Å². The number of carbonyl (C=O) groups excluding carboxylic acids is 1. The number of hydrogen-bond acceptors (Lipinski definition) is 6. The fourth-order valence-electron chi connectivity index (χ4n) is 3.06. The SMILES string of the molecule is CC(C)(O)c1cc(NC(=O)Cc2ccc(C3=CCN(C#N)CC3)nc2)ncc1Cl. The van der Waals surface area contributed by atoms with Crippen LogP contribution in [0, 0.1) is 11.5 Å². The molecule has 0 atom stereocenters. The molecule has 29 heavy (non-hydrogen) atoms. The Labute approximate surface area is 174 Å². The number of anilines is 1. The number of carbonyl (C=O) groups is 1. The molecule has 0 saturated carbocycles. The van der Waals surface area contributed by atoms with Gasteiger partial charge in [0, 0.05) is 31.0 Å². The predicted molar refractivity (Wildman–Crippen MR) is 111 cm³/mol. The Kier molecular flexibility index (Phi) is 6.16. The molecule has 0 aliphatic carbocycles. The molecule has 8 heteroatoms. The first kappa shape index (κ1) is 20.8. The molecule has 0 spiro atoms. The number of amides is 1. The summed E-state index contributed by atoms with van der Waals surface area (Å²) in [5, 5.41) is 22.1. The second kappa shape index (κ2) is 8.60. The van der Waals surface area contributed by atoms with Gasteiger partial charge in [-0.1, -0.05) is 23.7 Å². The third-order valence-corrected chi connectivity index (χ3v) is 4.95. The molecule has 0 saturated heterocycles. The molecule has 7 nitrogen and oxygen atoms in total. The second-order valence-electron chi connectivity index (χ2n) is 7.41. The van der Waals surface area contributed by atoms with Gasteiger partial charge in [-0.05, 0) is 43.5 Å². The highest BCUT2D eigenvalue weighted by molar-refractivity contribution is 6.31. The van der Waals surface area contributed by atoms with E-state index in [0.29, 0.717) is 29.5 Å². The number of aliphatic hydroxyl groups is 1. The largest absolute Gasteiger partial charge is 0.386 e. The zero-order valence-corrected chi connectivity index (χ0v) is 17.1. The molecule has 2 N–H and O–H groups in total. The van der Waals surface area contributed by atoms with Crippen LogP contribution in [0.5, 0.6) is 0 Å². The number of nitrogens with zero attached hydrogens (tertiary/aromatic N) is 4. The molecule has 150 valence electrons. The lowest BCUT2D eigenvalue weighted by atomic mass is 9.99. The molecule has 0 unspecified atom stereocenters. The number of pyridine rings is 2. The first-order valence-electron chi connectivity index (χ1n) is 9.23. The number of aromatic nitrogens is 2. The van der Waals surface area contributed by atoms with Gasteiger partial charge in [0.1, 0.15) is 5.82 Å². The molecule has 0 radical (unpaired) electrons. The molecule has 2 aromatic heterocycles. The van der Waals surface area contributed by atoms with Crippen molar-refractivity contribution in [1.82, 2.24) is 14.9 Å². The van der Waals surface area contributed by atoms with Crippen molar-refractivity contribution in [2.24, 2.45) is 0 Å². The van der Waals surface area contributed by atoms with Crippen LogP contribution in [0.2, 0.25) is 5.02 Å².